The number of anilines is 1. The first kappa shape index (κ1) is 12.5. The summed E-state index contributed by atoms with van der Waals surface area (Å²) in [6.07, 6.45) is 0. The molecule has 1 aromatic heterocycles. The van der Waals surface area contributed by atoms with Gasteiger partial charge in [0, 0.05) is 14.1 Å². The van der Waals surface area contributed by atoms with E-state index in [2.05, 4.69) is 45.7 Å². The highest BCUT2D eigenvalue weighted by molar-refractivity contribution is 5.86. The summed E-state index contributed by atoms with van der Waals surface area (Å²) >= 11 is 0. The third-order valence-corrected chi connectivity index (χ3v) is 3.58. The van der Waals surface area contributed by atoms with E-state index in [-0.39, 0.29) is 0 Å². The largest absolute Gasteiger partial charge is 0.359 e. The molecule has 0 aliphatic heterocycles. The van der Waals surface area contributed by atoms with E-state index in [1.54, 1.807) is 0 Å². The van der Waals surface area contributed by atoms with Crippen LogP contribution >= 0.6 is 0 Å². The van der Waals surface area contributed by atoms with Gasteiger partial charge < -0.3 is 9.88 Å². The zero-order valence-electron chi connectivity index (χ0n) is 11.7. The molecule has 0 bridgehead atoms. The summed E-state index contributed by atoms with van der Waals surface area (Å²) < 4.78 is 2.05. The lowest BCUT2D eigenvalue weighted by Gasteiger charge is -2.07. The van der Waals surface area contributed by atoms with Crippen LogP contribution in [-0.4, -0.2) is 16.6 Å². The molecule has 0 fully saturated rings. The van der Waals surface area contributed by atoms with Crippen LogP contribution in [0.25, 0.3) is 16.6 Å². The van der Waals surface area contributed by atoms with E-state index in [4.69, 9.17) is 0 Å². The fraction of sp³-hybridized carbons (Fsp3) is 0.118. The SMILES string of the molecule is C=C(c1ccccc1)c1ccc2nc(NC)n(C)c2c1. The number of hydrogen-bond donors (Lipinski definition) is 1. The zero-order valence-corrected chi connectivity index (χ0v) is 11.7. The Kier molecular flexibility index (Phi) is 3.03. The van der Waals surface area contributed by atoms with Gasteiger partial charge in [0.25, 0.3) is 0 Å². The quantitative estimate of drug-likeness (QED) is 0.781. The molecule has 3 nitrogen and oxygen atoms in total. The highest BCUT2D eigenvalue weighted by Crippen LogP contribution is 2.26. The van der Waals surface area contributed by atoms with Gasteiger partial charge in [0.1, 0.15) is 0 Å². The van der Waals surface area contributed by atoms with Crippen LogP contribution in [0.15, 0.2) is 55.1 Å². The van der Waals surface area contributed by atoms with Gasteiger partial charge in [-0.2, -0.15) is 0 Å². The van der Waals surface area contributed by atoms with Crippen LogP contribution in [0.3, 0.4) is 0 Å². The first-order valence-corrected chi connectivity index (χ1v) is 6.59. The molecule has 0 aliphatic carbocycles. The molecule has 0 amide bonds. The van der Waals surface area contributed by atoms with Crippen LogP contribution in [0.1, 0.15) is 11.1 Å². The van der Waals surface area contributed by atoms with Gasteiger partial charge in [-0.15, -0.1) is 0 Å². The third kappa shape index (κ3) is 1.97. The molecule has 100 valence electrons. The minimum atomic E-state index is 0.863. The van der Waals surface area contributed by atoms with Crippen molar-refractivity contribution in [2.75, 3.05) is 12.4 Å². The average molecular weight is 263 g/mol. The fourth-order valence-corrected chi connectivity index (χ4v) is 2.41. The number of nitrogens with zero attached hydrogens (tertiary/aromatic N) is 2. The van der Waals surface area contributed by atoms with Crippen molar-refractivity contribution < 1.29 is 0 Å². The molecule has 1 N–H and O–H groups in total. The maximum atomic E-state index is 4.53. The second-order valence-corrected chi connectivity index (χ2v) is 4.79. The topological polar surface area (TPSA) is 29.9 Å². The Bertz CT molecular complexity index is 770. The maximum Gasteiger partial charge on any atom is 0.203 e. The van der Waals surface area contributed by atoms with Gasteiger partial charge in [-0.3, -0.25) is 0 Å². The highest BCUT2D eigenvalue weighted by atomic mass is 15.2. The Balaban J connectivity index is 2.09. The summed E-state index contributed by atoms with van der Waals surface area (Å²) in [4.78, 5) is 4.53. The van der Waals surface area contributed by atoms with Crippen molar-refractivity contribution in [2.45, 2.75) is 0 Å². The molecule has 3 aromatic rings. The molecule has 2 aromatic carbocycles. The van der Waals surface area contributed by atoms with Crippen molar-refractivity contribution in [3.05, 3.63) is 66.2 Å². The lowest BCUT2D eigenvalue weighted by molar-refractivity contribution is 0.952. The molecular weight excluding hydrogens is 246 g/mol. The maximum absolute atomic E-state index is 4.53. The lowest BCUT2D eigenvalue weighted by atomic mass is 9.99. The van der Waals surface area contributed by atoms with Crippen LogP contribution in [0, 0.1) is 0 Å². The van der Waals surface area contributed by atoms with Crippen molar-refractivity contribution in [3.8, 4) is 0 Å². The zero-order chi connectivity index (χ0) is 14.1. The van der Waals surface area contributed by atoms with Crippen molar-refractivity contribution in [1.82, 2.24) is 9.55 Å². The summed E-state index contributed by atoms with van der Waals surface area (Å²) in [5, 5.41) is 3.09. The number of benzene rings is 2. The van der Waals surface area contributed by atoms with Crippen LogP contribution < -0.4 is 5.32 Å². The molecule has 3 rings (SSSR count). The van der Waals surface area contributed by atoms with E-state index < -0.39 is 0 Å². The monoisotopic (exact) mass is 263 g/mol. The standard InChI is InChI=1S/C17H17N3/c1-12(13-7-5-4-6-8-13)14-9-10-15-16(11-14)20(3)17(18-2)19-15/h4-11H,1H2,2-3H3,(H,18,19). The van der Waals surface area contributed by atoms with E-state index in [1.165, 1.54) is 0 Å². The minimum Gasteiger partial charge on any atom is -0.359 e. The number of aromatic nitrogens is 2. The number of hydrogen-bond acceptors (Lipinski definition) is 2. The van der Waals surface area contributed by atoms with E-state index in [1.807, 2.05) is 38.4 Å². The van der Waals surface area contributed by atoms with E-state index in [0.29, 0.717) is 0 Å². The van der Waals surface area contributed by atoms with Crippen molar-refractivity contribution in [3.63, 3.8) is 0 Å². The van der Waals surface area contributed by atoms with Crippen LogP contribution in [0.5, 0.6) is 0 Å². The Morgan fingerprint density at radius 2 is 1.85 bits per heavy atom. The minimum absolute atomic E-state index is 0.863. The molecule has 3 heteroatoms. The first-order chi connectivity index (χ1) is 9.70. The van der Waals surface area contributed by atoms with Gasteiger partial charge in [0.05, 0.1) is 11.0 Å². The van der Waals surface area contributed by atoms with Gasteiger partial charge in [-0.25, -0.2) is 4.98 Å². The molecule has 0 spiro atoms. The molecule has 1 heterocycles. The average Bonchev–Trinajstić information content (AvgIpc) is 2.83. The van der Waals surface area contributed by atoms with Crippen LogP contribution in [0.4, 0.5) is 5.95 Å². The normalized spacial score (nSPS) is 10.7. The van der Waals surface area contributed by atoms with Crippen LogP contribution in [-0.2, 0) is 7.05 Å². The smallest absolute Gasteiger partial charge is 0.203 e. The summed E-state index contributed by atoms with van der Waals surface area (Å²) in [5.41, 5.74) is 5.38. The van der Waals surface area contributed by atoms with Gasteiger partial charge >= 0.3 is 0 Å². The number of imidazole rings is 1. The molecule has 0 unspecified atom stereocenters. The van der Waals surface area contributed by atoms with E-state index in [0.717, 1.165) is 33.7 Å². The molecule has 0 saturated heterocycles. The third-order valence-electron chi connectivity index (χ3n) is 3.58. The fourth-order valence-electron chi connectivity index (χ4n) is 2.41. The van der Waals surface area contributed by atoms with Crippen molar-refractivity contribution in [1.29, 1.82) is 0 Å². The second-order valence-electron chi connectivity index (χ2n) is 4.79. The Morgan fingerprint density at radius 1 is 1.10 bits per heavy atom. The number of fused-ring (bicyclic) bond motifs is 1. The summed E-state index contributed by atoms with van der Waals surface area (Å²) in [6.45, 7) is 4.21. The van der Waals surface area contributed by atoms with Gasteiger partial charge in [-0.05, 0) is 28.8 Å². The summed E-state index contributed by atoms with van der Waals surface area (Å²) in [6, 6.07) is 16.5. The number of aryl methyl sites for hydroxylation is 1. The van der Waals surface area contributed by atoms with Gasteiger partial charge in [0.15, 0.2) is 0 Å². The number of rotatable bonds is 3. The predicted molar refractivity (Wildman–Crippen MR) is 84.8 cm³/mol. The van der Waals surface area contributed by atoms with Crippen LogP contribution in [0.2, 0.25) is 0 Å². The van der Waals surface area contributed by atoms with Gasteiger partial charge in [0.2, 0.25) is 5.95 Å². The molecular formula is C17H17N3. The Labute approximate surface area is 118 Å². The van der Waals surface area contributed by atoms with Gasteiger partial charge in [-0.1, -0.05) is 43.0 Å². The lowest BCUT2D eigenvalue weighted by Crippen LogP contribution is -1.97. The predicted octanol–water partition coefficient (Wildman–Crippen LogP) is 3.68. The summed E-state index contributed by atoms with van der Waals surface area (Å²) in [5.74, 6) is 0.863. The first-order valence-electron chi connectivity index (χ1n) is 6.59. The van der Waals surface area contributed by atoms with Crippen molar-refractivity contribution >= 4 is 22.6 Å². The molecule has 20 heavy (non-hydrogen) atoms. The highest BCUT2D eigenvalue weighted by Gasteiger charge is 2.09. The molecule has 0 saturated carbocycles. The molecule has 0 atom stereocenters. The van der Waals surface area contributed by atoms with Crippen molar-refractivity contribution in [2.24, 2.45) is 7.05 Å². The molecule has 0 aliphatic rings. The number of nitrogens with one attached hydrogen (secondary N) is 1. The molecule has 0 radical (unpaired) electrons. The Hall–Kier alpha value is -2.55. The Morgan fingerprint density at radius 3 is 2.55 bits per heavy atom. The summed E-state index contributed by atoms with van der Waals surface area (Å²) in [7, 11) is 3.89. The second kappa shape index (κ2) is 4.85. The van der Waals surface area contributed by atoms with E-state index in [9.17, 15) is 0 Å². The van der Waals surface area contributed by atoms with E-state index >= 15 is 0 Å².